The van der Waals surface area contributed by atoms with Gasteiger partial charge in [-0.3, -0.25) is 4.79 Å². The Kier molecular flexibility index (Phi) is 9.43. The standard InChI is InChI=1S/C14H19ClN2O.2ClH/c1-16-8-10-17(11-9-16)7-6-14(18)12-4-2-3-5-13(12)15;;/h2-5H,6-11H2,1H3;2*1H. The Morgan fingerprint density at radius 3 is 2.35 bits per heavy atom. The first kappa shape index (κ1) is 19.7. The van der Waals surface area contributed by atoms with Gasteiger partial charge < -0.3 is 9.80 Å². The van der Waals surface area contributed by atoms with Gasteiger partial charge in [0.2, 0.25) is 0 Å². The van der Waals surface area contributed by atoms with Gasteiger partial charge in [0, 0.05) is 44.7 Å². The molecule has 0 aliphatic carbocycles. The molecule has 0 N–H and O–H groups in total. The Morgan fingerprint density at radius 2 is 1.75 bits per heavy atom. The first-order valence-corrected chi connectivity index (χ1v) is 6.73. The van der Waals surface area contributed by atoms with E-state index in [1.807, 2.05) is 12.1 Å². The van der Waals surface area contributed by atoms with E-state index in [1.165, 1.54) is 0 Å². The van der Waals surface area contributed by atoms with Crippen molar-refractivity contribution in [1.82, 2.24) is 9.80 Å². The van der Waals surface area contributed by atoms with Crippen LogP contribution in [0, 0.1) is 0 Å². The van der Waals surface area contributed by atoms with Gasteiger partial charge in [0.1, 0.15) is 0 Å². The van der Waals surface area contributed by atoms with Crippen molar-refractivity contribution in [3.8, 4) is 0 Å². The van der Waals surface area contributed by atoms with Gasteiger partial charge in [-0.25, -0.2) is 0 Å². The van der Waals surface area contributed by atoms with E-state index in [1.54, 1.807) is 12.1 Å². The van der Waals surface area contributed by atoms with Crippen LogP contribution in [0.4, 0.5) is 0 Å². The minimum Gasteiger partial charge on any atom is -0.304 e. The molecule has 1 aromatic carbocycles. The summed E-state index contributed by atoms with van der Waals surface area (Å²) in [5.41, 5.74) is 0.647. The smallest absolute Gasteiger partial charge is 0.165 e. The van der Waals surface area contributed by atoms with Crippen molar-refractivity contribution < 1.29 is 4.79 Å². The fraction of sp³-hybridized carbons (Fsp3) is 0.500. The van der Waals surface area contributed by atoms with Crippen molar-refractivity contribution in [1.29, 1.82) is 0 Å². The zero-order chi connectivity index (χ0) is 13.0. The predicted octanol–water partition coefficient (Wildman–Crippen LogP) is 3.00. The second kappa shape index (κ2) is 9.59. The summed E-state index contributed by atoms with van der Waals surface area (Å²) in [5.74, 6) is 0.138. The highest BCUT2D eigenvalue weighted by molar-refractivity contribution is 6.33. The van der Waals surface area contributed by atoms with E-state index >= 15 is 0 Å². The zero-order valence-corrected chi connectivity index (χ0v) is 13.9. The van der Waals surface area contributed by atoms with Gasteiger partial charge in [-0.15, -0.1) is 24.8 Å². The van der Waals surface area contributed by atoms with Crippen molar-refractivity contribution in [2.75, 3.05) is 39.8 Å². The summed E-state index contributed by atoms with van der Waals surface area (Å²) in [4.78, 5) is 16.7. The molecule has 1 heterocycles. The van der Waals surface area contributed by atoms with Crippen LogP contribution < -0.4 is 0 Å². The van der Waals surface area contributed by atoms with Crippen molar-refractivity contribution in [3.63, 3.8) is 0 Å². The van der Waals surface area contributed by atoms with E-state index in [2.05, 4.69) is 16.8 Å². The summed E-state index contributed by atoms with van der Waals surface area (Å²) in [6.07, 6.45) is 0.549. The minimum absolute atomic E-state index is 0. The fourth-order valence-corrected chi connectivity index (χ4v) is 2.39. The highest BCUT2D eigenvalue weighted by Crippen LogP contribution is 2.17. The zero-order valence-electron chi connectivity index (χ0n) is 11.5. The SMILES string of the molecule is CN1CCN(CCC(=O)c2ccccc2Cl)CC1.Cl.Cl. The summed E-state index contributed by atoms with van der Waals surface area (Å²) in [6, 6.07) is 7.27. The number of carbonyl (C=O) groups excluding carboxylic acids is 1. The molecule has 0 unspecified atom stereocenters. The number of likely N-dealkylation sites (N-methyl/N-ethyl adjacent to an activating group) is 1. The number of rotatable bonds is 4. The van der Waals surface area contributed by atoms with Crippen LogP contribution in [0.2, 0.25) is 5.02 Å². The number of ketones is 1. The number of benzene rings is 1. The van der Waals surface area contributed by atoms with Gasteiger partial charge in [-0.1, -0.05) is 23.7 Å². The predicted molar refractivity (Wildman–Crippen MR) is 88.8 cm³/mol. The molecule has 1 aliphatic heterocycles. The third-order valence-corrected chi connectivity index (χ3v) is 3.75. The highest BCUT2D eigenvalue weighted by atomic mass is 35.5. The molecule has 0 saturated carbocycles. The molecule has 0 aromatic heterocycles. The minimum atomic E-state index is 0. The maximum absolute atomic E-state index is 12.1. The van der Waals surface area contributed by atoms with E-state index in [9.17, 15) is 4.79 Å². The first-order valence-electron chi connectivity index (χ1n) is 6.35. The maximum atomic E-state index is 12.1. The second-order valence-corrected chi connectivity index (χ2v) is 5.21. The van der Waals surface area contributed by atoms with E-state index in [4.69, 9.17) is 11.6 Å². The van der Waals surface area contributed by atoms with Crippen LogP contribution in [0.5, 0.6) is 0 Å². The van der Waals surface area contributed by atoms with Gasteiger partial charge in [0.05, 0.1) is 5.02 Å². The van der Waals surface area contributed by atoms with Crippen LogP contribution in [0.3, 0.4) is 0 Å². The Hall–Kier alpha value is -0.320. The van der Waals surface area contributed by atoms with Crippen LogP contribution in [-0.2, 0) is 0 Å². The molecule has 0 spiro atoms. The van der Waals surface area contributed by atoms with Gasteiger partial charge in [-0.2, -0.15) is 0 Å². The monoisotopic (exact) mass is 338 g/mol. The lowest BCUT2D eigenvalue weighted by atomic mass is 10.1. The molecule has 0 radical (unpaired) electrons. The molecule has 1 fully saturated rings. The molecule has 0 amide bonds. The average molecular weight is 340 g/mol. The summed E-state index contributed by atoms with van der Waals surface area (Å²) in [7, 11) is 2.13. The number of nitrogens with zero attached hydrogens (tertiary/aromatic N) is 2. The molecule has 1 saturated heterocycles. The third kappa shape index (κ3) is 5.58. The molecule has 6 heteroatoms. The Morgan fingerprint density at radius 1 is 1.15 bits per heavy atom. The molecule has 0 bridgehead atoms. The fourth-order valence-electron chi connectivity index (χ4n) is 2.15. The first-order chi connectivity index (χ1) is 8.66. The van der Waals surface area contributed by atoms with Crippen LogP contribution in [-0.4, -0.2) is 55.4 Å². The van der Waals surface area contributed by atoms with E-state index in [-0.39, 0.29) is 30.6 Å². The second-order valence-electron chi connectivity index (χ2n) is 4.80. The number of hydrogen-bond acceptors (Lipinski definition) is 3. The van der Waals surface area contributed by atoms with Crippen molar-refractivity contribution in [3.05, 3.63) is 34.9 Å². The van der Waals surface area contributed by atoms with Crippen LogP contribution in [0.1, 0.15) is 16.8 Å². The van der Waals surface area contributed by atoms with Gasteiger partial charge in [0.25, 0.3) is 0 Å². The molecule has 114 valence electrons. The maximum Gasteiger partial charge on any atom is 0.165 e. The van der Waals surface area contributed by atoms with Crippen molar-refractivity contribution >= 4 is 42.2 Å². The molecular weight excluding hydrogens is 319 g/mol. The number of halogens is 3. The third-order valence-electron chi connectivity index (χ3n) is 3.43. The quantitative estimate of drug-likeness (QED) is 0.788. The van der Waals surface area contributed by atoms with Gasteiger partial charge in [-0.05, 0) is 19.2 Å². The molecule has 1 aromatic rings. The number of hydrogen-bond donors (Lipinski definition) is 0. The Balaban J connectivity index is 0.00000180. The lowest BCUT2D eigenvalue weighted by Crippen LogP contribution is -2.45. The largest absolute Gasteiger partial charge is 0.304 e. The molecular formula is C14H21Cl3N2O. The number of piperazine rings is 1. The van der Waals surface area contributed by atoms with Crippen molar-refractivity contribution in [2.24, 2.45) is 0 Å². The normalized spacial score (nSPS) is 16.1. The highest BCUT2D eigenvalue weighted by Gasteiger charge is 2.16. The van der Waals surface area contributed by atoms with Gasteiger partial charge in [0.15, 0.2) is 5.78 Å². The van der Waals surface area contributed by atoms with E-state index in [0.717, 1.165) is 32.7 Å². The molecule has 2 rings (SSSR count). The average Bonchev–Trinajstić information content (AvgIpc) is 2.38. The molecule has 1 aliphatic rings. The van der Waals surface area contributed by atoms with Gasteiger partial charge >= 0.3 is 0 Å². The van der Waals surface area contributed by atoms with E-state index < -0.39 is 0 Å². The lowest BCUT2D eigenvalue weighted by Gasteiger charge is -2.32. The Labute approximate surface area is 138 Å². The summed E-state index contributed by atoms with van der Waals surface area (Å²) in [5, 5.41) is 0.556. The van der Waals surface area contributed by atoms with Crippen LogP contribution >= 0.6 is 36.4 Å². The summed E-state index contributed by atoms with van der Waals surface area (Å²) < 4.78 is 0. The molecule has 3 nitrogen and oxygen atoms in total. The molecule has 0 atom stereocenters. The summed E-state index contributed by atoms with van der Waals surface area (Å²) >= 11 is 6.02. The number of carbonyl (C=O) groups is 1. The van der Waals surface area contributed by atoms with E-state index in [0.29, 0.717) is 17.0 Å². The number of Topliss-reactive ketones (excluding diaryl/α,β-unsaturated/α-hetero) is 1. The topological polar surface area (TPSA) is 23.6 Å². The molecule has 20 heavy (non-hydrogen) atoms. The van der Waals surface area contributed by atoms with Crippen LogP contribution in [0.15, 0.2) is 24.3 Å². The van der Waals surface area contributed by atoms with Crippen LogP contribution in [0.25, 0.3) is 0 Å². The van der Waals surface area contributed by atoms with Crippen molar-refractivity contribution in [2.45, 2.75) is 6.42 Å². The summed E-state index contributed by atoms with van der Waals surface area (Å²) in [6.45, 7) is 5.09. The lowest BCUT2D eigenvalue weighted by molar-refractivity contribution is 0.0942. The Bertz CT molecular complexity index is 421.